The van der Waals surface area contributed by atoms with Gasteiger partial charge in [0.05, 0.1) is 11.4 Å². The van der Waals surface area contributed by atoms with Crippen molar-refractivity contribution in [2.75, 3.05) is 9.80 Å². The van der Waals surface area contributed by atoms with Crippen molar-refractivity contribution in [2.24, 2.45) is 0 Å². The van der Waals surface area contributed by atoms with E-state index in [2.05, 4.69) is 358 Å². The lowest BCUT2D eigenvalue weighted by Crippen LogP contribution is -2.17. The van der Waals surface area contributed by atoms with E-state index in [-0.39, 0.29) is 16.2 Å². The summed E-state index contributed by atoms with van der Waals surface area (Å²) in [7, 11) is 0. The van der Waals surface area contributed by atoms with Crippen LogP contribution in [-0.2, 0) is 16.2 Å². The average molecular weight is 1170 g/mol. The van der Waals surface area contributed by atoms with E-state index in [1.807, 2.05) is 0 Å². The summed E-state index contributed by atoms with van der Waals surface area (Å²) in [5.74, 6) is 0. The molecule has 0 N–H and O–H groups in total. The first kappa shape index (κ1) is 57.2. The molecular weight excluding hydrogens is 1100 g/mol. The second-order valence-corrected chi connectivity index (χ2v) is 27.4. The molecule has 0 amide bonds. The molecule has 0 saturated heterocycles. The smallest absolute Gasteiger partial charge is 0.0540 e. The molecule has 0 bridgehead atoms. The van der Waals surface area contributed by atoms with E-state index in [9.17, 15) is 0 Å². The van der Waals surface area contributed by atoms with E-state index in [0.717, 1.165) is 34.1 Å². The Balaban J connectivity index is 0.674. The van der Waals surface area contributed by atoms with Crippen molar-refractivity contribution in [2.45, 2.75) is 85.5 Å². The first-order valence-electron chi connectivity index (χ1n) is 32.3. The Kier molecular flexibility index (Phi) is 13.8. The molecule has 3 aliphatic carbocycles. The normalized spacial score (nSPS) is 14.2. The van der Waals surface area contributed by atoms with Gasteiger partial charge in [-0.2, -0.15) is 0 Å². The third-order valence-electron chi connectivity index (χ3n) is 19.9. The van der Waals surface area contributed by atoms with Crippen molar-refractivity contribution >= 4 is 58.4 Å². The molecule has 15 rings (SSSR count). The number of benzene rings is 12. The highest BCUT2D eigenvalue weighted by Gasteiger charge is 2.39. The molecule has 0 aliphatic heterocycles. The highest BCUT2D eigenvalue weighted by molar-refractivity contribution is 5.94. The molecule has 0 heterocycles. The maximum atomic E-state index is 2.46. The third kappa shape index (κ3) is 9.97. The number of aryl methyl sites for hydroxylation is 4. The summed E-state index contributed by atoms with van der Waals surface area (Å²) >= 11 is 0. The van der Waals surface area contributed by atoms with Gasteiger partial charge < -0.3 is 9.80 Å². The van der Waals surface area contributed by atoms with Crippen LogP contribution in [0.3, 0.4) is 0 Å². The maximum absolute atomic E-state index is 2.46. The molecule has 91 heavy (non-hydrogen) atoms. The Labute approximate surface area is 538 Å². The lowest BCUT2D eigenvalue weighted by atomic mass is 9.81. The average Bonchev–Trinajstić information content (AvgIpc) is 1.62. The van der Waals surface area contributed by atoms with Crippen molar-refractivity contribution < 1.29 is 0 Å². The standard InChI is InChI=1S/C89H76N2/c1-57-45-58(2)48-69(47-57)90(85-27-19-17-25-71(85)65-21-13-11-14-22-65)67-37-43-77-75-41-35-63(53-81(75)88(7,8)83(77)55-67)31-29-61-33-39-73-74-40-34-62(52-80(74)87(5,6)79(73)51-61)30-32-64-36-42-76-78-44-38-68(56-84(78)89(9,10)82(76)54-64)91(70-49-59(3)46-60(4)50-70)86-28-20-18-26-72(86)66-23-15-12-16-24-66/h11-56H,1-10H3. The van der Waals surface area contributed by atoms with Gasteiger partial charge in [-0.15, -0.1) is 0 Å². The minimum atomic E-state index is -0.214. The number of hydrogen-bond acceptors (Lipinski definition) is 2. The lowest BCUT2D eigenvalue weighted by Gasteiger charge is -2.30. The van der Waals surface area contributed by atoms with Crippen molar-refractivity contribution in [3.63, 3.8) is 0 Å². The molecule has 0 spiro atoms. The Morgan fingerprint density at radius 2 is 0.495 bits per heavy atom. The number of nitrogens with zero attached hydrogens (tertiary/aromatic N) is 2. The molecule has 2 nitrogen and oxygen atoms in total. The van der Waals surface area contributed by atoms with Crippen LogP contribution in [0.2, 0.25) is 0 Å². The molecule has 442 valence electrons. The fourth-order valence-corrected chi connectivity index (χ4v) is 15.4. The summed E-state index contributed by atoms with van der Waals surface area (Å²) in [6.45, 7) is 23.2. The summed E-state index contributed by atoms with van der Waals surface area (Å²) in [6.07, 6.45) is 9.21. The van der Waals surface area contributed by atoms with Gasteiger partial charge in [0.2, 0.25) is 0 Å². The van der Waals surface area contributed by atoms with E-state index in [4.69, 9.17) is 0 Å². The summed E-state index contributed by atoms with van der Waals surface area (Å²) < 4.78 is 0. The summed E-state index contributed by atoms with van der Waals surface area (Å²) in [5.41, 5.74) is 37.0. The SMILES string of the molecule is Cc1cc(C)cc(N(c2ccc3c(c2)C(C)(C)c2cc(C=Cc4ccc5c(c4)C(C)(C)c4cc(C=Cc6ccc7c(c6)C(C)(C)c6cc(N(c8cc(C)cc(C)c8)c8ccccc8-c8ccccc8)ccc6-7)ccc4-5)ccc2-3)c2ccccc2-c2ccccc2)c1. The number of rotatable bonds is 12. The molecule has 0 radical (unpaired) electrons. The van der Waals surface area contributed by atoms with Crippen molar-refractivity contribution in [1.82, 2.24) is 0 Å². The Morgan fingerprint density at radius 1 is 0.231 bits per heavy atom. The topological polar surface area (TPSA) is 6.48 Å². The van der Waals surface area contributed by atoms with Crippen LogP contribution in [0.5, 0.6) is 0 Å². The van der Waals surface area contributed by atoms with Gasteiger partial charge in [-0.05, 0) is 211 Å². The number of para-hydroxylation sites is 2. The van der Waals surface area contributed by atoms with E-state index < -0.39 is 0 Å². The highest BCUT2D eigenvalue weighted by atomic mass is 15.2. The Bertz CT molecular complexity index is 4600. The minimum absolute atomic E-state index is 0.169. The van der Waals surface area contributed by atoms with Crippen LogP contribution in [0.4, 0.5) is 34.1 Å². The van der Waals surface area contributed by atoms with E-state index in [0.29, 0.717) is 0 Å². The van der Waals surface area contributed by atoms with Gasteiger partial charge in [0.15, 0.2) is 0 Å². The first-order chi connectivity index (χ1) is 44.0. The zero-order chi connectivity index (χ0) is 62.5. The van der Waals surface area contributed by atoms with E-state index >= 15 is 0 Å². The van der Waals surface area contributed by atoms with Crippen molar-refractivity contribution in [1.29, 1.82) is 0 Å². The molecule has 12 aromatic carbocycles. The first-order valence-corrected chi connectivity index (χ1v) is 32.3. The quantitative estimate of drug-likeness (QED) is 0.113. The zero-order valence-electron chi connectivity index (χ0n) is 54.0. The van der Waals surface area contributed by atoms with E-state index in [1.54, 1.807) is 0 Å². The molecular formula is C89H76N2. The fourth-order valence-electron chi connectivity index (χ4n) is 15.4. The lowest BCUT2D eigenvalue weighted by molar-refractivity contribution is 0.660. The molecule has 0 fully saturated rings. The molecule has 0 unspecified atom stereocenters. The van der Waals surface area contributed by atoms with Gasteiger partial charge in [-0.1, -0.05) is 260 Å². The van der Waals surface area contributed by atoms with Crippen LogP contribution in [0.25, 0.3) is 79.9 Å². The molecule has 0 saturated carbocycles. The van der Waals surface area contributed by atoms with Gasteiger partial charge in [-0.3, -0.25) is 0 Å². The van der Waals surface area contributed by atoms with Gasteiger partial charge >= 0.3 is 0 Å². The Hall–Kier alpha value is -10.3. The molecule has 12 aromatic rings. The predicted octanol–water partition coefficient (Wildman–Crippen LogP) is 24.5. The largest absolute Gasteiger partial charge is 0.310 e. The van der Waals surface area contributed by atoms with Gasteiger partial charge in [0.1, 0.15) is 0 Å². The Morgan fingerprint density at radius 3 is 0.802 bits per heavy atom. The predicted molar refractivity (Wildman–Crippen MR) is 389 cm³/mol. The number of hydrogen-bond donors (Lipinski definition) is 0. The minimum Gasteiger partial charge on any atom is -0.310 e. The van der Waals surface area contributed by atoms with Crippen LogP contribution < -0.4 is 9.80 Å². The van der Waals surface area contributed by atoms with Gasteiger partial charge in [0.25, 0.3) is 0 Å². The van der Waals surface area contributed by atoms with Crippen molar-refractivity contribution in [3.8, 4) is 55.6 Å². The van der Waals surface area contributed by atoms with Crippen LogP contribution in [0.1, 0.15) is 119 Å². The summed E-state index contributed by atoms with van der Waals surface area (Å²) in [5, 5.41) is 0. The molecule has 2 heteroatoms. The van der Waals surface area contributed by atoms with Crippen molar-refractivity contribution in [3.05, 3.63) is 333 Å². The maximum Gasteiger partial charge on any atom is 0.0540 e. The second-order valence-electron chi connectivity index (χ2n) is 27.4. The van der Waals surface area contributed by atoms with Crippen LogP contribution in [-0.4, -0.2) is 0 Å². The number of fused-ring (bicyclic) bond motifs is 9. The zero-order valence-corrected chi connectivity index (χ0v) is 54.0. The third-order valence-corrected chi connectivity index (χ3v) is 19.9. The summed E-state index contributed by atoms with van der Waals surface area (Å²) in [6, 6.07) is 95.5. The van der Waals surface area contributed by atoms with Crippen LogP contribution >= 0.6 is 0 Å². The number of anilines is 6. The fraction of sp³-hybridized carbons (Fsp3) is 0.146. The summed E-state index contributed by atoms with van der Waals surface area (Å²) in [4.78, 5) is 4.92. The van der Waals surface area contributed by atoms with Crippen LogP contribution in [0.15, 0.2) is 255 Å². The van der Waals surface area contributed by atoms with E-state index in [1.165, 1.54) is 134 Å². The molecule has 3 aliphatic rings. The van der Waals surface area contributed by atoms with Gasteiger partial charge in [-0.25, -0.2) is 0 Å². The monoisotopic (exact) mass is 1170 g/mol. The van der Waals surface area contributed by atoms with Gasteiger partial charge in [0, 0.05) is 50.1 Å². The highest BCUT2D eigenvalue weighted by Crippen LogP contribution is 2.55. The van der Waals surface area contributed by atoms with Crippen LogP contribution in [0, 0.1) is 27.7 Å². The molecule has 0 atom stereocenters. The second kappa shape index (κ2) is 22.0. The molecule has 0 aromatic heterocycles.